The van der Waals surface area contributed by atoms with E-state index >= 15 is 0 Å². The predicted molar refractivity (Wildman–Crippen MR) is 107 cm³/mol. The van der Waals surface area contributed by atoms with Crippen molar-refractivity contribution in [3.63, 3.8) is 0 Å². The number of halogens is 2. The molecule has 0 saturated heterocycles. The minimum atomic E-state index is 0. The highest BCUT2D eigenvalue weighted by Gasteiger charge is 2.17. The van der Waals surface area contributed by atoms with Crippen molar-refractivity contribution >= 4 is 47.7 Å². The molecule has 0 aliphatic heterocycles. The van der Waals surface area contributed by atoms with Gasteiger partial charge in [-0.3, -0.25) is 4.79 Å². The van der Waals surface area contributed by atoms with Gasteiger partial charge < -0.3 is 11.1 Å². The summed E-state index contributed by atoms with van der Waals surface area (Å²) in [5, 5.41) is 6.11. The lowest BCUT2D eigenvalue weighted by atomic mass is 9.93. The number of anilines is 1. The van der Waals surface area contributed by atoms with E-state index in [4.69, 9.17) is 5.73 Å². The van der Waals surface area contributed by atoms with E-state index in [9.17, 15) is 4.79 Å². The van der Waals surface area contributed by atoms with Gasteiger partial charge in [0.25, 0.3) is 0 Å². The summed E-state index contributed by atoms with van der Waals surface area (Å²) in [6.45, 7) is 7.07. The third kappa shape index (κ3) is 7.07. The largest absolute Gasteiger partial charge is 0.399 e. The van der Waals surface area contributed by atoms with Gasteiger partial charge in [0.05, 0.1) is 17.1 Å². The zero-order chi connectivity index (χ0) is 16.2. The lowest BCUT2D eigenvalue weighted by Gasteiger charge is -2.14. The topological polar surface area (TPSA) is 68.0 Å². The van der Waals surface area contributed by atoms with Gasteiger partial charge in [-0.05, 0) is 17.7 Å². The molecule has 0 radical (unpaired) electrons. The van der Waals surface area contributed by atoms with Crippen molar-refractivity contribution in [1.82, 2.24) is 10.3 Å². The molecule has 3 N–H and O–H groups in total. The van der Waals surface area contributed by atoms with E-state index in [2.05, 4.69) is 36.5 Å². The number of nitrogens with one attached hydrogen (secondary N) is 1. The number of carbonyl (C=O) groups excluding carboxylic acids is 1. The molecule has 2 rings (SSSR count). The van der Waals surface area contributed by atoms with Crippen LogP contribution < -0.4 is 11.1 Å². The van der Waals surface area contributed by atoms with Crippen LogP contribution in [0.25, 0.3) is 0 Å². The van der Waals surface area contributed by atoms with Crippen LogP contribution in [-0.4, -0.2) is 17.4 Å². The molecular weight excluding hydrogens is 365 g/mol. The first kappa shape index (κ1) is 22.7. The number of nitrogens with two attached hydrogens (primary N) is 1. The zero-order valence-corrected chi connectivity index (χ0v) is 16.6. The van der Waals surface area contributed by atoms with Crippen molar-refractivity contribution < 1.29 is 4.79 Å². The maximum atomic E-state index is 11.9. The molecule has 1 aromatic carbocycles. The van der Waals surface area contributed by atoms with Crippen LogP contribution in [0.4, 0.5) is 5.69 Å². The fourth-order valence-corrected chi connectivity index (χ4v) is 2.99. The average Bonchev–Trinajstić information content (AvgIpc) is 2.90. The van der Waals surface area contributed by atoms with Gasteiger partial charge in [-0.2, -0.15) is 0 Å². The summed E-state index contributed by atoms with van der Waals surface area (Å²) in [6.07, 6.45) is 1.15. The molecule has 0 unspecified atom stereocenters. The van der Waals surface area contributed by atoms with Gasteiger partial charge in [0.1, 0.15) is 0 Å². The molecule has 0 saturated carbocycles. The van der Waals surface area contributed by atoms with Gasteiger partial charge in [-0.15, -0.1) is 36.2 Å². The van der Waals surface area contributed by atoms with Crippen molar-refractivity contribution in [3.05, 3.63) is 45.9 Å². The van der Waals surface area contributed by atoms with Crippen molar-refractivity contribution in [2.45, 2.75) is 39.0 Å². The van der Waals surface area contributed by atoms with Crippen molar-refractivity contribution in [2.75, 3.05) is 12.3 Å². The van der Waals surface area contributed by atoms with Crippen molar-refractivity contribution in [2.24, 2.45) is 0 Å². The number of hydrogen-bond donors (Lipinski definition) is 2. The maximum Gasteiger partial charge on any atom is 0.224 e. The molecule has 1 aromatic heterocycles. The molecule has 4 nitrogen and oxygen atoms in total. The quantitative estimate of drug-likeness (QED) is 0.764. The highest BCUT2D eigenvalue weighted by atomic mass is 35.5. The van der Waals surface area contributed by atoms with Gasteiger partial charge in [0.2, 0.25) is 5.91 Å². The van der Waals surface area contributed by atoms with E-state index in [-0.39, 0.29) is 36.1 Å². The Morgan fingerprint density at radius 3 is 2.38 bits per heavy atom. The second-order valence-corrected chi connectivity index (χ2v) is 7.34. The molecule has 24 heavy (non-hydrogen) atoms. The van der Waals surface area contributed by atoms with Crippen LogP contribution in [-0.2, 0) is 23.1 Å². The number of rotatable bonds is 5. The van der Waals surface area contributed by atoms with Crippen LogP contribution in [0.5, 0.6) is 0 Å². The van der Waals surface area contributed by atoms with Crippen molar-refractivity contribution in [3.8, 4) is 0 Å². The molecule has 0 bridgehead atoms. The molecule has 134 valence electrons. The Morgan fingerprint density at radius 2 is 1.83 bits per heavy atom. The molecule has 1 heterocycles. The van der Waals surface area contributed by atoms with Crippen LogP contribution in [0.3, 0.4) is 0 Å². The molecule has 0 aliphatic carbocycles. The normalized spacial score (nSPS) is 10.5. The van der Waals surface area contributed by atoms with E-state index in [1.807, 2.05) is 24.3 Å². The molecular formula is C17H25Cl2N3OS. The first-order valence-electron chi connectivity index (χ1n) is 7.40. The first-order chi connectivity index (χ1) is 10.3. The monoisotopic (exact) mass is 389 g/mol. The standard InChI is InChI=1S/C17H23N3OS.2ClH/c1-17(2,3)14-11-22-16(20-14)8-9-19-15(21)10-12-4-6-13(18)7-5-12;;/h4-7,11H,8-10,18H2,1-3H3,(H,19,21);2*1H. The minimum Gasteiger partial charge on any atom is -0.399 e. The van der Waals surface area contributed by atoms with Crippen LogP contribution >= 0.6 is 36.2 Å². The van der Waals surface area contributed by atoms with Crippen LogP contribution in [0.1, 0.15) is 37.0 Å². The number of nitrogens with zero attached hydrogens (tertiary/aromatic N) is 1. The van der Waals surface area contributed by atoms with Gasteiger partial charge in [0.15, 0.2) is 0 Å². The highest BCUT2D eigenvalue weighted by molar-refractivity contribution is 7.09. The van der Waals surface area contributed by atoms with Gasteiger partial charge in [0, 0.05) is 29.4 Å². The summed E-state index contributed by atoms with van der Waals surface area (Å²) in [5.41, 5.74) is 8.50. The number of aromatic nitrogens is 1. The van der Waals surface area contributed by atoms with Crippen LogP contribution in [0.15, 0.2) is 29.6 Å². The van der Waals surface area contributed by atoms with Gasteiger partial charge >= 0.3 is 0 Å². The molecule has 7 heteroatoms. The molecule has 0 fully saturated rings. The molecule has 0 aliphatic rings. The average molecular weight is 390 g/mol. The Hall–Kier alpha value is -1.30. The second-order valence-electron chi connectivity index (χ2n) is 6.39. The second kappa shape index (κ2) is 9.87. The van der Waals surface area contributed by atoms with E-state index in [0.29, 0.717) is 18.7 Å². The summed E-state index contributed by atoms with van der Waals surface area (Å²) >= 11 is 1.66. The van der Waals surface area contributed by atoms with E-state index < -0.39 is 0 Å². The number of nitrogen functional groups attached to an aromatic ring is 1. The Morgan fingerprint density at radius 1 is 1.21 bits per heavy atom. The number of thiazole rings is 1. The third-order valence-electron chi connectivity index (χ3n) is 3.33. The summed E-state index contributed by atoms with van der Waals surface area (Å²) < 4.78 is 0. The highest BCUT2D eigenvalue weighted by Crippen LogP contribution is 2.23. The smallest absolute Gasteiger partial charge is 0.224 e. The number of hydrogen-bond acceptors (Lipinski definition) is 4. The fraction of sp³-hybridized carbons (Fsp3) is 0.412. The minimum absolute atomic E-state index is 0. The van der Waals surface area contributed by atoms with Crippen LogP contribution in [0.2, 0.25) is 0 Å². The van der Waals surface area contributed by atoms with Crippen molar-refractivity contribution in [1.29, 1.82) is 0 Å². The summed E-state index contributed by atoms with van der Waals surface area (Å²) in [7, 11) is 0. The van der Waals surface area contributed by atoms with Crippen LogP contribution in [0, 0.1) is 0 Å². The lowest BCUT2D eigenvalue weighted by Crippen LogP contribution is -2.27. The first-order valence-corrected chi connectivity index (χ1v) is 8.28. The van der Waals surface area contributed by atoms with Gasteiger partial charge in [-0.1, -0.05) is 32.9 Å². The summed E-state index contributed by atoms with van der Waals surface area (Å²) in [5.74, 6) is 0.0253. The molecule has 2 aromatic rings. The summed E-state index contributed by atoms with van der Waals surface area (Å²) in [4.78, 5) is 16.5. The maximum absolute atomic E-state index is 11.9. The van der Waals surface area contributed by atoms with Gasteiger partial charge in [-0.25, -0.2) is 4.98 Å². The number of carbonyl (C=O) groups is 1. The molecule has 0 atom stereocenters. The van der Waals surface area contributed by atoms with E-state index in [0.717, 1.165) is 22.7 Å². The Kier molecular flexibility index (Phi) is 9.33. The Labute approximate surface area is 160 Å². The molecule has 0 spiro atoms. The summed E-state index contributed by atoms with van der Waals surface area (Å²) in [6, 6.07) is 7.38. The number of benzene rings is 1. The zero-order valence-electron chi connectivity index (χ0n) is 14.2. The third-order valence-corrected chi connectivity index (χ3v) is 4.23. The Balaban J connectivity index is 0.00000264. The molecule has 1 amide bonds. The SMILES string of the molecule is CC(C)(C)c1csc(CCNC(=O)Cc2ccc(N)cc2)n1.Cl.Cl. The fourth-order valence-electron chi connectivity index (χ4n) is 1.96. The predicted octanol–water partition coefficient (Wildman–Crippen LogP) is 3.77. The Bertz CT molecular complexity index is 636. The van der Waals surface area contributed by atoms with E-state index in [1.165, 1.54) is 0 Å². The van der Waals surface area contributed by atoms with E-state index in [1.54, 1.807) is 11.3 Å². The lowest BCUT2D eigenvalue weighted by molar-refractivity contribution is -0.120. The number of amides is 1.